The van der Waals surface area contributed by atoms with Gasteiger partial charge in [-0.05, 0) is 19.3 Å². The van der Waals surface area contributed by atoms with Crippen molar-refractivity contribution in [2.45, 2.75) is 39.3 Å². The van der Waals surface area contributed by atoms with Crippen molar-refractivity contribution in [2.75, 3.05) is 19.6 Å². The Balaban J connectivity index is 2.49. The minimum atomic E-state index is -0.364. The van der Waals surface area contributed by atoms with E-state index in [4.69, 9.17) is 0 Å². The second kappa shape index (κ2) is 5.47. The summed E-state index contributed by atoms with van der Waals surface area (Å²) in [6.45, 7) is 8.27. The third-order valence-electron chi connectivity index (χ3n) is 2.68. The molecule has 2 N–H and O–H groups in total. The molecule has 0 saturated carbocycles. The molecule has 0 unspecified atom stereocenters. The maximum absolute atomic E-state index is 12.0. The molecule has 1 aliphatic rings. The standard InChI is InChI=1S/C11H22N2O2/c1-4-13(7-8(2)3)11(15)10-5-9(14)6-12-10/h8-10,12,14H,4-7H2,1-3H3/t9-,10-/m1/s1. The van der Waals surface area contributed by atoms with Crippen LogP contribution in [-0.2, 0) is 4.79 Å². The Labute approximate surface area is 91.6 Å². The van der Waals surface area contributed by atoms with Gasteiger partial charge in [0, 0.05) is 19.6 Å². The fourth-order valence-electron chi connectivity index (χ4n) is 1.94. The molecule has 0 radical (unpaired) electrons. The average Bonchev–Trinajstić information content (AvgIpc) is 2.60. The quantitative estimate of drug-likeness (QED) is 0.703. The molecule has 1 fully saturated rings. The van der Waals surface area contributed by atoms with Crippen molar-refractivity contribution in [3.05, 3.63) is 0 Å². The molecule has 1 rings (SSSR count). The third-order valence-corrected chi connectivity index (χ3v) is 2.68. The number of rotatable bonds is 4. The van der Waals surface area contributed by atoms with Gasteiger partial charge in [0.15, 0.2) is 0 Å². The van der Waals surface area contributed by atoms with Crippen molar-refractivity contribution in [3.8, 4) is 0 Å². The highest BCUT2D eigenvalue weighted by atomic mass is 16.3. The van der Waals surface area contributed by atoms with Gasteiger partial charge in [-0.1, -0.05) is 13.8 Å². The molecule has 0 aromatic heterocycles. The molecule has 1 aliphatic heterocycles. The molecule has 0 aromatic rings. The lowest BCUT2D eigenvalue weighted by molar-refractivity contribution is -0.133. The highest BCUT2D eigenvalue weighted by Gasteiger charge is 2.30. The van der Waals surface area contributed by atoms with E-state index < -0.39 is 0 Å². The Bertz CT molecular complexity index is 219. The summed E-state index contributed by atoms with van der Waals surface area (Å²) in [5.41, 5.74) is 0. The summed E-state index contributed by atoms with van der Waals surface area (Å²) in [5, 5.41) is 12.4. The van der Waals surface area contributed by atoms with Crippen molar-refractivity contribution in [3.63, 3.8) is 0 Å². The van der Waals surface area contributed by atoms with Crippen LogP contribution in [0.2, 0.25) is 0 Å². The van der Waals surface area contributed by atoms with Crippen LogP contribution in [0.1, 0.15) is 27.2 Å². The zero-order valence-corrected chi connectivity index (χ0v) is 9.86. The Morgan fingerprint density at radius 2 is 2.27 bits per heavy atom. The van der Waals surface area contributed by atoms with Gasteiger partial charge in [-0.25, -0.2) is 0 Å². The van der Waals surface area contributed by atoms with E-state index in [9.17, 15) is 9.90 Å². The fourth-order valence-corrected chi connectivity index (χ4v) is 1.94. The van der Waals surface area contributed by atoms with Crippen LogP contribution in [0.25, 0.3) is 0 Å². The summed E-state index contributed by atoms with van der Waals surface area (Å²) >= 11 is 0. The number of hydrogen-bond donors (Lipinski definition) is 2. The van der Waals surface area contributed by atoms with Crippen LogP contribution in [0.5, 0.6) is 0 Å². The Morgan fingerprint density at radius 1 is 1.60 bits per heavy atom. The fraction of sp³-hybridized carbons (Fsp3) is 0.909. The number of aliphatic hydroxyl groups is 1. The van der Waals surface area contributed by atoms with E-state index in [1.807, 2.05) is 11.8 Å². The van der Waals surface area contributed by atoms with E-state index in [2.05, 4.69) is 19.2 Å². The van der Waals surface area contributed by atoms with Crippen molar-refractivity contribution in [1.82, 2.24) is 10.2 Å². The van der Waals surface area contributed by atoms with Crippen LogP contribution in [0, 0.1) is 5.92 Å². The molecule has 1 heterocycles. The maximum Gasteiger partial charge on any atom is 0.239 e. The van der Waals surface area contributed by atoms with Crippen LogP contribution >= 0.6 is 0 Å². The van der Waals surface area contributed by atoms with Gasteiger partial charge in [0.1, 0.15) is 0 Å². The van der Waals surface area contributed by atoms with Crippen LogP contribution in [0.4, 0.5) is 0 Å². The molecule has 88 valence electrons. The number of aliphatic hydroxyl groups excluding tert-OH is 1. The minimum Gasteiger partial charge on any atom is -0.392 e. The van der Waals surface area contributed by atoms with Gasteiger partial charge in [0.25, 0.3) is 0 Å². The van der Waals surface area contributed by atoms with E-state index in [1.54, 1.807) is 0 Å². The summed E-state index contributed by atoms with van der Waals surface area (Å²) in [7, 11) is 0. The number of amides is 1. The number of carbonyl (C=O) groups is 1. The monoisotopic (exact) mass is 214 g/mol. The molecule has 1 amide bonds. The largest absolute Gasteiger partial charge is 0.392 e. The van der Waals surface area contributed by atoms with Crippen molar-refractivity contribution >= 4 is 5.91 Å². The zero-order chi connectivity index (χ0) is 11.4. The van der Waals surface area contributed by atoms with Crippen LogP contribution in [0.15, 0.2) is 0 Å². The van der Waals surface area contributed by atoms with Crippen LogP contribution in [-0.4, -0.2) is 47.7 Å². The lowest BCUT2D eigenvalue weighted by Crippen LogP contribution is -2.44. The number of β-amino-alcohol motifs (C(OH)–C–C–N with tert-alkyl or cyclic N) is 1. The van der Waals surface area contributed by atoms with Gasteiger partial charge in [-0.2, -0.15) is 0 Å². The van der Waals surface area contributed by atoms with E-state index in [1.165, 1.54) is 0 Å². The first-order valence-corrected chi connectivity index (χ1v) is 5.74. The number of likely N-dealkylation sites (N-methyl/N-ethyl adjacent to an activating group) is 1. The number of nitrogens with zero attached hydrogens (tertiary/aromatic N) is 1. The first kappa shape index (κ1) is 12.5. The minimum absolute atomic E-state index is 0.128. The van der Waals surface area contributed by atoms with Crippen molar-refractivity contribution in [2.24, 2.45) is 5.92 Å². The van der Waals surface area contributed by atoms with E-state index in [0.717, 1.165) is 13.1 Å². The predicted octanol–water partition coefficient (Wildman–Crippen LogP) is 0.214. The molecule has 1 saturated heterocycles. The second-order valence-electron chi connectivity index (χ2n) is 4.62. The summed E-state index contributed by atoms with van der Waals surface area (Å²) in [6.07, 6.45) is 0.185. The molecule has 2 atom stereocenters. The molecule has 0 aromatic carbocycles. The van der Waals surface area contributed by atoms with E-state index >= 15 is 0 Å². The SMILES string of the molecule is CCN(CC(C)C)C(=O)[C@H]1C[C@@H](O)CN1. The molecule has 4 heteroatoms. The van der Waals surface area contributed by atoms with Gasteiger partial charge in [0.2, 0.25) is 5.91 Å². The number of nitrogens with one attached hydrogen (secondary N) is 1. The highest BCUT2D eigenvalue weighted by Crippen LogP contribution is 2.10. The summed E-state index contributed by atoms with van der Waals surface area (Å²) < 4.78 is 0. The molecule has 15 heavy (non-hydrogen) atoms. The molecule has 4 nitrogen and oxygen atoms in total. The average molecular weight is 214 g/mol. The van der Waals surface area contributed by atoms with Gasteiger partial charge in [-0.15, -0.1) is 0 Å². The first-order chi connectivity index (χ1) is 7.04. The van der Waals surface area contributed by atoms with E-state index in [-0.39, 0.29) is 18.1 Å². The Morgan fingerprint density at radius 3 is 2.67 bits per heavy atom. The van der Waals surface area contributed by atoms with Crippen LogP contribution in [0.3, 0.4) is 0 Å². The van der Waals surface area contributed by atoms with Gasteiger partial charge < -0.3 is 15.3 Å². The lowest BCUT2D eigenvalue weighted by atomic mass is 10.1. The van der Waals surface area contributed by atoms with Gasteiger partial charge in [-0.3, -0.25) is 4.79 Å². The third kappa shape index (κ3) is 3.47. The smallest absolute Gasteiger partial charge is 0.239 e. The van der Waals surface area contributed by atoms with Gasteiger partial charge >= 0.3 is 0 Å². The normalized spacial score (nSPS) is 25.9. The molecule has 0 bridgehead atoms. The van der Waals surface area contributed by atoms with Crippen molar-refractivity contribution in [1.29, 1.82) is 0 Å². The predicted molar refractivity (Wildman–Crippen MR) is 59.5 cm³/mol. The molecular formula is C11H22N2O2. The van der Waals surface area contributed by atoms with E-state index in [0.29, 0.717) is 18.9 Å². The zero-order valence-electron chi connectivity index (χ0n) is 9.86. The highest BCUT2D eigenvalue weighted by molar-refractivity contribution is 5.82. The number of carbonyl (C=O) groups excluding carboxylic acids is 1. The summed E-state index contributed by atoms with van der Waals surface area (Å²) in [4.78, 5) is 13.9. The molecule has 0 spiro atoms. The summed E-state index contributed by atoms with van der Waals surface area (Å²) in [5.74, 6) is 0.614. The Hall–Kier alpha value is -0.610. The topological polar surface area (TPSA) is 52.6 Å². The first-order valence-electron chi connectivity index (χ1n) is 5.74. The summed E-state index contributed by atoms with van der Waals surface area (Å²) in [6, 6.07) is -0.182. The van der Waals surface area contributed by atoms with Crippen molar-refractivity contribution < 1.29 is 9.90 Å². The molecular weight excluding hydrogens is 192 g/mol. The number of hydrogen-bond acceptors (Lipinski definition) is 3. The molecule has 0 aliphatic carbocycles. The second-order valence-corrected chi connectivity index (χ2v) is 4.62. The lowest BCUT2D eigenvalue weighted by Gasteiger charge is -2.25. The Kier molecular flexibility index (Phi) is 4.54. The maximum atomic E-state index is 12.0. The van der Waals surface area contributed by atoms with Crippen LogP contribution < -0.4 is 5.32 Å². The van der Waals surface area contributed by atoms with Gasteiger partial charge in [0.05, 0.1) is 12.1 Å².